The Balaban J connectivity index is 4.05. The van der Waals surface area contributed by atoms with Crippen molar-refractivity contribution >= 4 is 11.0 Å². The molecule has 0 saturated heterocycles. The molecule has 0 aromatic rings. The summed E-state index contributed by atoms with van der Waals surface area (Å²) in [6.07, 6.45) is -0.364. The first kappa shape index (κ1) is 12.8. The molecule has 0 radical (unpaired) electrons. The number of rotatable bonds is 7. The third-order valence-electron chi connectivity index (χ3n) is 1.58. The van der Waals surface area contributed by atoms with Crippen LogP contribution in [0, 0.1) is 0 Å². The Morgan fingerprint density at radius 2 is 1.77 bits per heavy atom. The highest BCUT2D eigenvalue weighted by molar-refractivity contribution is 7.67. The summed E-state index contributed by atoms with van der Waals surface area (Å²) >= 11 is 0. The summed E-state index contributed by atoms with van der Waals surface area (Å²) in [5.41, 5.74) is 5.50. The molecule has 0 rings (SSSR count). The molecule has 0 spiro atoms. The van der Waals surface area contributed by atoms with E-state index < -0.39 is 23.1 Å². The maximum Gasteiger partial charge on any atom is 0.257 e. The van der Waals surface area contributed by atoms with E-state index in [1.54, 1.807) is 0 Å². The first-order valence-electron chi connectivity index (χ1n) is 3.90. The summed E-state index contributed by atoms with van der Waals surface area (Å²) in [5, 5.41) is 17.1. The smallest absolute Gasteiger partial charge is 0.257 e. The highest BCUT2D eigenvalue weighted by atomic mass is 32.2. The van der Waals surface area contributed by atoms with Crippen LogP contribution in [-0.2, 0) is 15.2 Å². The average molecular weight is 213 g/mol. The number of aliphatic hydroxyl groups is 2. The van der Waals surface area contributed by atoms with Crippen molar-refractivity contribution in [3.05, 3.63) is 0 Å². The Bertz CT molecular complexity index is 187. The van der Waals surface area contributed by atoms with Crippen molar-refractivity contribution in [3.63, 3.8) is 0 Å². The van der Waals surface area contributed by atoms with Crippen molar-refractivity contribution in [2.45, 2.75) is 25.0 Å². The molecule has 80 valence electrons. The maximum absolute atomic E-state index is 10.2. The molecule has 0 fully saturated rings. The average Bonchev–Trinajstić information content (AvgIpc) is 2.03. The number of hydrogen-bond acceptors (Lipinski definition) is 6. The monoisotopic (exact) mass is 213 g/mol. The fourth-order valence-electron chi connectivity index (χ4n) is 0.918. The lowest BCUT2D eigenvalue weighted by molar-refractivity contribution is 0.128. The van der Waals surface area contributed by atoms with E-state index in [4.69, 9.17) is 15.9 Å². The molecule has 2 unspecified atom stereocenters. The van der Waals surface area contributed by atoms with Crippen LogP contribution in [-0.4, -0.2) is 44.0 Å². The quantitative estimate of drug-likeness (QED) is 0.364. The largest absolute Gasteiger partial charge is 0.396 e. The third-order valence-corrected chi connectivity index (χ3v) is 2.02. The molecule has 0 aromatic carbocycles. The van der Waals surface area contributed by atoms with Crippen LogP contribution in [0.1, 0.15) is 12.8 Å². The zero-order valence-corrected chi connectivity index (χ0v) is 8.02. The summed E-state index contributed by atoms with van der Waals surface area (Å²) in [4.78, 5) is 0. The molecule has 0 aliphatic rings. The van der Waals surface area contributed by atoms with E-state index in [1.165, 1.54) is 0 Å². The molecule has 4 N–H and O–H groups in total. The summed E-state index contributed by atoms with van der Waals surface area (Å²) < 4.78 is 24.9. The number of aliphatic hydroxyl groups excluding tert-OH is 2. The zero-order chi connectivity index (χ0) is 10.3. The Labute approximate surface area is 78.5 Å². The van der Waals surface area contributed by atoms with E-state index in [1.807, 2.05) is 0 Å². The zero-order valence-electron chi connectivity index (χ0n) is 7.13. The van der Waals surface area contributed by atoms with Gasteiger partial charge in [-0.2, -0.15) is 0 Å². The number of hydrogen-bond donors (Lipinski definition) is 4. The van der Waals surface area contributed by atoms with E-state index >= 15 is 0 Å². The van der Waals surface area contributed by atoms with Gasteiger partial charge in [0.15, 0.2) is 0 Å². The van der Waals surface area contributed by atoms with E-state index in [9.17, 15) is 8.42 Å². The second kappa shape index (κ2) is 7.22. The lowest BCUT2D eigenvalue weighted by Crippen LogP contribution is -2.38. The predicted molar refractivity (Wildman–Crippen MR) is 46.6 cm³/mol. The molecule has 7 heteroatoms. The van der Waals surface area contributed by atoms with Gasteiger partial charge in [0.05, 0.1) is 6.10 Å². The lowest BCUT2D eigenvalue weighted by atomic mass is 10.1. The molecule has 0 heterocycles. The molecule has 0 saturated carbocycles. The van der Waals surface area contributed by atoms with Crippen molar-refractivity contribution < 1.29 is 22.8 Å². The van der Waals surface area contributed by atoms with Gasteiger partial charge in [0, 0.05) is 19.3 Å². The first-order chi connectivity index (χ1) is 6.11. The predicted octanol–water partition coefficient (Wildman–Crippen LogP) is -2.01. The van der Waals surface area contributed by atoms with Gasteiger partial charge in [0.25, 0.3) is 11.0 Å². The molecular formula is C6H15NO5S. The van der Waals surface area contributed by atoms with E-state index in [2.05, 4.69) is 4.18 Å². The Morgan fingerprint density at radius 3 is 2.15 bits per heavy atom. The topological polar surface area (TPSA) is 110 Å². The minimum Gasteiger partial charge on any atom is -0.396 e. The summed E-state index contributed by atoms with van der Waals surface area (Å²) in [6.45, 7) is -0.338. The second-order valence-electron chi connectivity index (χ2n) is 2.56. The van der Waals surface area contributed by atoms with Gasteiger partial charge in [-0.25, -0.2) is 8.42 Å². The van der Waals surface area contributed by atoms with Gasteiger partial charge in [0.1, 0.15) is 0 Å². The molecule has 0 bridgehead atoms. The van der Waals surface area contributed by atoms with Gasteiger partial charge in [-0.1, -0.05) is 0 Å². The van der Waals surface area contributed by atoms with Crippen LogP contribution in [0.3, 0.4) is 0 Å². The van der Waals surface area contributed by atoms with Crippen LogP contribution in [0.4, 0.5) is 0 Å². The van der Waals surface area contributed by atoms with Gasteiger partial charge in [-0.3, -0.25) is 4.18 Å². The van der Waals surface area contributed by atoms with Crippen molar-refractivity contribution in [3.8, 4) is 0 Å². The van der Waals surface area contributed by atoms with E-state index in [-0.39, 0.29) is 26.1 Å². The van der Waals surface area contributed by atoms with Gasteiger partial charge in [-0.15, -0.1) is 0 Å². The summed E-state index contributed by atoms with van der Waals surface area (Å²) in [6, 6.07) is -0.579. The molecule has 0 aromatic heterocycles. The lowest BCUT2D eigenvalue weighted by Gasteiger charge is -2.19. The van der Waals surface area contributed by atoms with Crippen molar-refractivity contribution in [2.24, 2.45) is 5.73 Å². The normalized spacial score (nSPS) is 16.0. The van der Waals surface area contributed by atoms with Gasteiger partial charge >= 0.3 is 0 Å². The third kappa shape index (κ3) is 5.94. The SMILES string of the molecule is NC(CCO)C(CCO)O[SH](=O)=O. The molecule has 0 aliphatic carbocycles. The van der Waals surface area contributed by atoms with E-state index in [0.29, 0.717) is 0 Å². The fraction of sp³-hybridized carbons (Fsp3) is 1.00. The maximum atomic E-state index is 10.2. The second-order valence-corrected chi connectivity index (χ2v) is 3.21. The van der Waals surface area contributed by atoms with Crippen LogP contribution in [0.5, 0.6) is 0 Å². The molecule has 0 aliphatic heterocycles. The fourth-order valence-corrected chi connectivity index (χ4v) is 1.40. The van der Waals surface area contributed by atoms with Crippen molar-refractivity contribution in [2.75, 3.05) is 13.2 Å². The van der Waals surface area contributed by atoms with Crippen molar-refractivity contribution in [1.82, 2.24) is 0 Å². The first-order valence-corrected chi connectivity index (χ1v) is 4.99. The number of thiol groups is 1. The van der Waals surface area contributed by atoms with Crippen LogP contribution >= 0.6 is 0 Å². The minimum absolute atomic E-state index is 0.137. The molecule has 0 amide bonds. The Kier molecular flexibility index (Phi) is 7.10. The summed E-state index contributed by atoms with van der Waals surface area (Å²) in [7, 11) is -2.97. The standard InChI is InChI=1S/C6H15NO5S/c7-5(1-3-8)6(2-4-9)12-13(10)11/h5-6,8-9,13H,1-4,7H2. The Morgan fingerprint density at radius 1 is 1.23 bits per heavy atom. The highest BCUT2D eigenvalue weighted by Gasteiger charge is 2.18. The van der Waals surface area contributed by atoms with Gasteiger partial charge in [0.2, 0.25) is 0 Å². The number of nitrogens with two attached hydrogens (primary N) is 1. The minimum atomic E-state index is -2.97. The molecule has 13 heavy (non-hydrogen) atoms. The van der Waals surface area contributed by atoms with Crippen LogP contribution in [0.2, 0.25) is 0 Å². The van der Waals surface area contributed by atoms with E-state index in [0.717, 1.165) is 0 Å². The molecule has 2 atom stereocenters. The van der Waals surface area contributed by atoms with Gasteiger partial charge in [-0.05, 0) is 12.8 Å². The summed E-state index contributed by atoms with van der Waals surface area (Å²) in [5.74, 6) is 0. The van der Waals surface area contributed by atoms with Crippen LogP contribution in [0.25, 0.3) is 0 Å². The van der Waals surface area contributed by atoms with Gasteiger partial charge < -0.3 is 15.9 Å². The van der Waals surface area contributed by atoms with Crippen LogP contribution < -0.4 is 5.73 Å². The molecule has 6 nitrogen and oxygen atoms in total. The molecular weight excluding hydrogens is 198 g/mol. The highest BCUT2D eigenvalue weighted by Crippen LogP contribution is 2.05. The Hall–Kier alpha value is -0.210. The van der Waals surface area contributed by atoms with Crippen molar-refractivity contribution in [1.29, 1.82) is 0 Å². The van der Waals surface area contributed by atoms with Crippen LogP contribution in [0.15, 0.2) is 0 Å².